The fourth-order valence-electron chi connectivity index (χ4n) is 3.16. The molecule has 3 aromatic rings. The predicted molar refractivity (Wildman–Crippen MR) is 109 cm³/mol. The fourth-order valence-corrected chi connectivity index (χ4v) is 4.61. The van der Waals surface area contributed by atoms with Gasteiger partial charge in [-0.2, -0.15) is 5.10 Å². The first-order valence-corrected chi connectivity index (χ1v) is 10.6. The summed E-state index contributed by atoms with van der Waals surface area (Å²) in [7, 11) is -3.73. The van der Waals surface area contributed by atoms with E-state index in [9.17, 15) is 8.42 Å². The summed E-state index contributed by atoms with van der Waals surface area (Å²) in [5.41, 5.74) is 3.64. The number of rotatable bonds is 6. The van der Waals surface area contributed by atoms with E-state index in [0.29, 0.717) is 23.0 Å². The number of aromatic nitrogens is 2. The third kappa shape index (κ3) is 3.90. The van der Waals surface area contributed by atoms with Crippen LogP contribution in [0, 0.1) is 13.8 Å². The molecule has 0 fully saturated rings. The molecule has 0 aliphatic rings. The molecule has 142 valence electrons. The maximum absolute atomic E-state index is 13.0. The number of hydrogen-bond donors (Lipinski definition) is 1. The van der Waals surface area contributed by atoms with Crippen molar-refractivity contribution >= 4 is 15.7 Å². The van der Waals surface area contributed by atoms with Crippen molar-refractivity contribution in [3.05, 3.63) is 71.5 Å². The number of para-hydroxylation sites is 1. The summed E-state index contributed by atoms with van der Waals surface area (Å²) >= 11 is 0. The van der Waals surface area contributed by atoms with E-state index >= 15 is 0 Å². The maximum atomic E-state index is 13.0. The first-order valence-electron chi connectivity index (χ1n) is 9.08. The van der Waals surface area contributed by atoms with Gasteiger partial charge in [0.15, 0.2) is 0 Å². The van der Waals surface area contributed by atoms with Crippen LogP contribution >= 0.6 is 0 Å². The third-order valence-electron chi connectivity index (χ3n) is 4.84. The van der Waals surface area contributed by atoms with E-state index in [1.807, 2.05) is 54.6 Å². The van der Waals surface area contributed by atoms with E-state index in [0.717, 1.165) is 12.1 Å². The molecule has 1 unspecified atom stereocenters. The summed E-state index contributed by atoms with van der Waals surface area (Å²) < 4.78 is 30.3. The lowest BCUT2D eigenvalue weighted by atomic mass is 9.99. The first kappa shape index (κ1) is 19.2. The smallest absolute Gasteiger partial charge is 0.265 e. The zero-order valence-corrected chi connectivity index (χ0v) is 16.9. The summed E-state index contributed by atoms with van der Waals surface area (Å²) in [6, 6.07) is 17.1. The first-order chi connectivity index (χ1) is 12.8. The molecule has 0 radical (unpaired) electrons. The molecule has 27 heavy (non-hydrogen) atoms. The second-order valence-electron chi connectivity index (χ2n) is 6.78. The monoisotopic (exact) mass is 383 g/mol. The molecule has 1 aromatic heterocycles. The minimum atomic E-state index is -3.73. The molecule has 5 nitrogen and oxygen atoms in total. The lowest BCUT2D eigenvalue weighted by Gasteiger charge is -2.12. The van der Waals surface area contributed by atoms with Crippen LogP contribution in [0.1, 0.15) is 43.1 Å². The van der Waals surface area contributed by atoms with Crippen LogP contribution in [0.25, 0.3) is 5.69 Å². The number of sulfonamides is 1. The molecule has 0 amide bonds. The van der Waals surface area contributed by atoms with Crippen molar-refractivity contribution in [3.8, 4) is 5.69 Å². The highest BCUT2D eigenvalue weighted by Gasteiger charge is 2.25. The normalized spacial score (nSPS) is 12.7. The Morgan fingerprint density at radius 2 is 1.67 bits per heavy atom. The molecule has 6 heteroatoms. The van der Waals surface area contributed by atoms with Gasteiger partial charge in [0.2, 0.25) is 0 Å². The average Bonchev–Trinajstić information content (AvgIpc) is 2.97. The molecule has 0 spiro atoms. The fraction of sp³-hybridized carbons (Fsp3) is 0.286. The van der Waals surface area contributed by atoms with Crippen LogP contribution in [0.15, 0.2) is 59.5 Å². The van der Waals surface area contributed by atoms with Gasteiger partial charge < -0.3 is 0 Å². The number of aryl methyl sites for hydroxylation is 1. The molecule has 2 aromatic carbocycles. The zero-order chi connectivity index (χ0) is 19.6. The quantitative estimate of drug-likeness (QED) is 0.665. The molecule has 0 saturated heterocycles. The highest BCUT2D eigenvalue weighted by atomic mass is 32.2. The second-order valence-corrected chi connectivity index (χ2v) is 8.40. The van der Waals surface area contributed by atoms with Crippen molar-refractivity contribution in [2.75, 3.05) is 4.72 Å². The van der Waals surface area contributed by atoms with Gasteiger partial charge in [-0.05, 0) is 56.0 Å². The Labute approximate surface area is 161 Å². The van der Waals surface area contributed by atoms with Crippen molar-refractivity contribution in [1.29, 1.82) is 0 Å². The zero-order valence-electron chi connectivity index (χ0n) is 16.1. The molecule has 1 atom stereocenters. The van der Waals surface area contributed by atoms with Crippen LogP contribution in [0.3, 0.4) is 0 Å². The van der Waals surface area contributed by atoms with Gasteiger partial charge >= 0.3 is 0 Å². The largest absolute Gasteiger partial charge is 0.280 e. The molecule has 0 saturated carbocycles. The molecule has 0 aliphatic heterocycles. The van der Waals surface area contributed by atoms with Gasteiger partial charge in [0.1, 0.15) is 4.90 Å². The topological polar surface area (TPSA) is 64.0 Å². The van der Waals surface area contributed by atoms with Crippen LogP contribution in [-0.2, 0) is 10.0 Å². The van der Waals surface area contributed by atoms with Gasteiger partial charge in [-0.25, -0.2) is 13.1 Å². The van der Waals surface area contributed by atoms with E-state index < -0.39 is 10.0 Å². The minimum absolute atomic E-state index is 0.220. The number of anilines is 1. The number of hydrogen-bond acceptors (Lipinski definition) is 3. The summed E-state index contributed by atoms with van der Waals surface area (Å²) in [5.74, 6) is 0.448. The van der Waals surface area contributed by atoms with Crippen molar-refractivity contribution in [2.24, 2.45) is 0 Å². The van der Waals surface area contributed by atoms with Crippen molar-refractivity contribution in [2.45, 2.75) is 44.9 Å². The predicted octanol–water partition coefficient (Wildman–Crippen LogP) is 4.80. The Morgan fingerprint density at radius 3 is 2.26 bits per heavy atom. The van der Waals surface area contributed by atoms with Crippen LogP contribution in [0.2, 0.25) is 0 Å². The molecule has 0 aliphatic carbocycles. The van der Waals surface area contributed by atoms with Crippen LogP contribution in [0.5, 0.6) is 0 Å². The standard InChI is InChI=1S/C21H25N3O2S/c1-5-15(2)18-11-13-19(14-12-18)23-27(25,26)21-16(3)22-24(17(21)4)20-9-7-6-8-10-20/h6-15,23H,5H2,1-4H3. The summed E-state index contributed by atoms with van der Waals surface area (Å²) in [6.07, 6.45) is 1.04. The number of nitrogens with one attached hydrogen (secondary N) is 1. The van der Waals surface area contributed by atoms with Crippen molar-refractivity contribution < 1.29 is 8.42 Å². The van der Waals surface area contributed by atoms with Crippen LogP contribution in [-0.4, -0.2) is 18.2 Å². The van der Waals surface area contributed by atoms with Gasteiger partial charge in [-0.15, -0.1) is 0 Å². The SMILES string of the molecule is CCC(C)c1ccc(NS(=O)(=O)c2c(C)nn(-c3ccccc3)c2C)cc1. The Balaban J connectivity index is 1.93. The lowest BCUT2D eigenvalue weighted by molar-refractivity contribution is 0.600. The van der Waals surface area contributed by atoms with Gasteiger partial charge in [0.25, 0.3) is 10.0 Å². The highest BCUT2D eigenvalue weighted by Crippen LogP contribution is 2.26. The Hall–Kier alpha value is -2.60. The van der Waals surface area contributed by atoms with Crippen molar-refractivity contribution in [1.82, 2.24) is 9.78 Å². The average molecular weight is 384 g/mol. The number of nitrogens with zero attached hydrogens (tertiary/aromatic N) is 2. The summed E-state index contributed by atoms with van der Waals surface area (Å²) in [4.78, 5) is 0.220. The Morgan fingerprint density at radius 1 is 1.04 bits per heavy atom. The van der Waals surface area contributed by atoms with E-state index in [1.165, 1.54) is 5.56 Å². The molecule has 0 bridgehead atoms. The van der Waals surface area contributed by atoms with Gasteiger partial charge in [-0.3, -0.25) is 4.72 Å². The Bertz CT molecular complexity index is 1020. The van der Waals surface area contributed by atoms with Gasteiger partial charge in [0, 0.05) is 5.69 Å². The van der Waals surface area contributed by atoms with E-state index in [1.54, 1.807) is 18.5 Å². The molecular weight excluding hydrogens is 358 g/mol. The lowest BCUT2D eigenvalue weighted by Crippen LogP contribution is -2.15. The van der Waals surface area contributed by atoms with Gasteiger partial charge in [0.05, 0.1) is 17.1 Å². The third-order valence-corrected chi connectivity index (χ3v) is 6.47. The molecule has 1 N–H and O–H groups in total. The molecule has 1 heterocycles. The van der Waals surface area contributed by atoms with Crippen molar-refractivity contribution in [3.63, 3.8) is 0 Å². The summed E-state index contributed by atoms with van der Waals surface area (Å²) in [5, 5.41) is 4.43. The van der Waals surface area contributed by atoms with E-state index in [-0.39, 0.29) is 4.90 Å². The minimum Gasteiger partial charge on any atom is -0.280 e. The van der Waals surface area contributed by atoms with Crippen LogP contribution < -0.4 is 4.72 Å². The number of benzene rings is 2. The van der Waals surface area contributed by atoms with Gasteiger partial charge in [-0.1, -0.05) is 44.2 Å². The highest BCUT2D eigenvalue weighted by molar-refractivity contribution is 7.92. The summed E-state index contributed by atoms with van der Waals surface area (Å²) in [6.45, 7) is 7.78. The second kappa shape index (κ2) is 7.56. The maximum Gasteiger partial charge on any atom is 0.265 e. The Kier molecular flexibility index (Phi) is 5.37. The molecule has 3 rings (SSSR count). The van der Waals surface area contributed by atoms with E-state index in [4.69, 9.17) is 0 Å². The van der Waals surface area contributed by atoms with Crippen LogP contribution in [0.4, 0.5) is 5.69 Å². The van der Waals surface area contributed by atoms with E-state index in [2.05, 4.69) is 23.7 Å². The molecular formula is C21H25N3O2S.